The minimum atomic E-state index is -0.324. The molecule has 0 amide bonds. The summed E-state index contributed by atoms with van der Waals surface area (Å²) in [5.74, 6) is 0. The van der Waals surface area contributed by atoms with Crippen LogP contribution in [0.3, 0.4) is 0 Å². The molecular formula is C14H25N3O. The van der Waals surface area contributed by atoms with Crippen LogP contribution >= 0.6 is 0 Å². The molecule has 102 valence electrons. The lowest BCUT2D eigenvalue weighted by Crippen LogP contribution is -2.51. The van der Waals surface area contributed by atoms with Gasteiger partial charge in [-0.2, -0.15) is 0 Å². The summed E-state index contributed by atoms with van der Waals surface area (Å²) in [6.07, 6.45) is 2.65. The summed E-state index contributed by atoms with van der Waals surface area (Å²) in [4.78, 5) is 6.53. The lowest BCUT2D eigenvalue weighted by Gasteiger charge is -2.42. The lowest BCUT2D eigenvalue weighted by atomic mass is 9.95. The SMILES string of the molecule is CCC(N)C(c1ccccn1)N(C)C(C)(C)CO. The Kier molecular flexibility index (Phi) is 5.26. The second-order valence-electron chi connectivity index (χ2n) is 5.35. The van der Waals surface area contributed by atoms with Crippen molar-refractivity contribution in [1.29, 1.82) is 0 Å². The summed E-state index contributed by atoms with van der Waals surface area (Å²) < 4.78 is 0. The van der Waals surface area contributed by atoms with Crippen LogP contribution in [0.2, 0.25) is 0 Å². The Morgan fingerprint density at radius 3 is 2.56 bits per heavy atom. The van der Waals surface area contributed by atoms with E-state index in [2.05, 4.69) is 16.8 Å². The first-order chi connectivity index (χ1) is 8.44. The number of hydrogen-bond acceptors (Lipinski definition) is 4. The molecule has 0 aromatic carbocycles. The number of aromatic nitrogens is 1. The Morgan fingerprint density at radius 1 is 1.44 bits per heavy atom. The molecule has 18 heavy (non-hydrogen) atoms. The van der Waals surface area contributed by atoms with Crippen LogP contribution in [0, 0.1) is 0 Å². The van der Waals surface area contributed by atoms with Crippen molar-refractivity contribution in [3.8, 4) is 0 Å². The highest BCUT2D eigenvalue weighted by atomic mass is 16.3. The maximum absolute atomic E-state index is 9.51. The van der Waals surface area contributed by atoms with Gasteiger partial charge in [0.15, 0.2) is 0 Å². The molecule has 0 spiro atoms. The molecule has 3 N–H and O–H groups in total. The molecule has 0 aliphatic heterocycles. The summed E-state index contributed by atoms with van der Waals surface area (Å²) in [5.41, 5.74) is 6.87. The van der Waals surface area contributed by atoms with E-state index in [0.717, 1.165) is 12.1 Å². The zero-order valence-electron chi connectivity index (χ0n) is 11.8. The van der Waals surface area contributed by atoms with Crippen LogP contribution in [0.15, 0.2) is 24.4 Å². The van der Waals surface area contributed by atoms with Gasteiger partial charge in [0.1, 0.15) is 0 Å². The van der Waals surface area contributed by atoms with Crippen molar-refractivity contribution in [2.45, 2.75) is 44.8 Å². The monoisotopic (exact) mass is 251 g/mol. The highest BCUT2D eigenvalue weighted by molar-refractivity contribution is 5.12. The molecule has 2 unspecified atom stereocenters. The van der Waals surface area contributed by atoms with Gasteiger partial charge in [-0.1, -0.05) is 13.0 Å². The fraction of sp³-hybridized carbons (Fsp3) is 0.643. The number of pyridine rings is 1. The molecule has 4 heteroatoms. The van der Waals surface area contributed by atoms with Gasteiger partial charge in [0.2, 0.25) is 0 Å². The van der Waals surface area contributed by atoms with Gasteiger partial charge < -0.3 is 10.8 Å². The number of likely N-dealkylation sites (N-methyl/N-ethyl adjacent to an activating group) is 1. The molecule has 0 saturated heterocycles. The second-order valence-corrected chi connectivity index (χ2v) is 5.35. The summed E-state index contributed by atoms with van der Waals surface area (Å²) in [6.45, 7) is 6.17. The van der Waals surface area contributed by atoms with E-state index in [1.54, 1.807) is 6.20 Å². The number of rotatable bonds is 6. The first-order valence-electron chi connectivity index (χ1n) is 6.44. The third-order valence-electron chi connectivity index (χ3n) is 3.63. The standard InChI is InChI=1S/C14H25N3O/c1-5-11(15)13(12-8-6-7-9-16-12)17(4)14(2,3)10-18/h6-9,11,13,18H,5,10,15H2,1-4H3. The van der Waals surface area contributed by atoms with Crippen LogP contribution < -0.4 is 5.73 Å². The molecule has 0 aliphatic rings. The van der Waals surface area contributed by atoms with E-state index in [1.807, 2.05) is 39.1 Å². The molecular weight excluding hydrogens is 226 g/mol. The number of aliphatic hydroxyl groups is 1. The van der Waals surface area contributed by atoms with E-state index in [9.17, 15) is 5.11 Å². The molecule has 0 fully saturated rings. The molecule has 4 nitrogen and oxygen atoms in total. The smallest absolute Gasteiger partial charge is 0.0676 e. The molecule has 1 heterocycles. The molecule has 0 radical (unpaired) electrons. The van der Waals surface area contributed by atoms with E-state index in [1.165, 1.54) is 0 Å². The van der Waals surface area contributed by atoms with Crippen LogP contribution in [0.4, 0.5) is 0 Å². The van der Waals surface area contributed by atoms with Gasteiger partial charge in [0, 0.05) is 17.8 Å². The molecule has 0 aliphatic carbocycles. The molecule has 1 rings (SSSR count). The van der Waals surface area contributed by atoms with Gasteiger partial charge in [-0.15, -0.1) is 0 Å². The van der Waals surface area contributed by atoms with E-state index in [0.29, 0.717) is 0 Å². The Morgan fingerprint density at radius 2 is 2.11 bits per heavy atom. The normalized spacial score (nSPS) is 15.7. The molecule has 0 saturated carbocycles. The van der Waals surface area contributed by atoms with E-state index in [-0.39, 0.29) is 24.2 Å². The average molecular weight is 251 g/mol. The van der Waals surface area contributed by atoms with Gasteiger partial charge in [0.05, 0.1) is 18.3 Å². The maximum atomic E-state index is 9.51. The topological polar surface area (TPSA) is 62.4 Å². The van der Waals surface area contributed by atoms with Gasteiger partial charge in [-0.3, -0.25) is 9.88 Å². The average Bonchev–Trinajstić information content (AvgIpc) is 2.39. The Labute approximate surface area is 110 Å². The summed E-state index contributed by atoms with van der Waals surface area (Å²) in [7, 11) is 1.99. The Hall–Kier alpha value is -0.970. The fourth-order valence-corrected chi connectivity index (χ4v) is 1.97. The zero-order chi connectivity index (χ0) is 13.8. The van der Waals surface area contributed by atoms with Crippen molar-refractivity contribution < 1.29 is 5.11 Å². The quantitative estimate of drug-likeness (QED) is 0.805. The first kappa shape index (κ1) is 15.1. The maximum Gasteiger partial charge on any atom is 0.0676 e. The van der Waals surface area contributed by atoms with E-state index in [4.69, 9.17) is 5.73 Å². The van der Waals surface area contributed by atoms with Crippen LogP contribution in [0.1, 0.15) is 38.9 Å². The van der Waals surface area contributed by atoms with Crippen LogP contribution in [0.25, 0.3) is 0 Å². The van der Waals surface area contributed by atoms with Gasteiger partial charge in [0.25, 0.3) is 0 Å². The number of nitrogens with zero attached hydrogens (tertiary/aromatic N) is 2. The van der Waals surface area contributed by atoms with Gasteiger partial charge in [-0.25, -0.2) is 0 Å². The molecule has 2 atom stereocenters. The number of aliphatic hydroxyl groups excluding tert-OH is 1. The predicted octanol–water partition coefficient (Wildman–Crippen LogP) is 1.56. The van der Waals surface area contributed by atoms with Crippen LogP contribution in [-0.2, 0) is 0 Å². The molecule has 1 aromatic rings. The first-order valence-corrected chi connectivity index (χ1v) is 6.44. The third-order valence-corrected chi connectivity index (χ3v) is 3.63. The number of nitrogens with two attached hydrogens (primary N) is 1. The van der Waals surface area contributed by atoms with Crippen LogP contribution in [0.5, 0.6) is 0 Å². The molecule has 0 bridgehead atoms. The summed E-state index contributed by atoms with van der Waals surface area (Å²) >= 11 is 0. The minimum Gasteiger partial charge on any atom is -0.394 e. The van der Waals surface area contributed by atoms with Crippen molar-refractivity contribution in [2.75, 3.05) is 13.7 Å². The van der Waals surface area contributed by atoms with Crippen molar-refractivity contribution in [2.24, 2.45) is 5.73 Å². The third kappa shape index (κ3) is 3.28. The largest absolute Gasteiger partial charge is 0.394 e. The fourth-order valence-electron chi connectivity index (χ4n) is 1.97. The number of hydrogen-bond donors (Lipinski definition) is 2. The van der Waals surface area contributed by atoms with Crippen LogP contribution in [-0.4, -0.2) is 40.2 Å². The molecule has 1 aromatic heterocycles. The van der Waals surface area contributed by atoms with Gasteiger partial charge >= 0.3 is 0 Å². The van der Waals surface area contributed by atoms with Crippen molar-refractivity contribution in [3.05, 3.63) is 30.1 Å². The highest BCUT2D eigenvalue weighted by Crippen LogP contribution is 2.28. The zero-order valence-corrected chi connectivity index (χ0v) is 11.8. The summed E-state index contributed by atoms with van der Waals surface area (Å²) in [5, 5.41) is 9.51. The Balaban J connectivity index is 3.07. The van der Waals surface area contributed by atoms with Crippen molar-refractivity contribution in [1.82, 2.24) is 9.88 Å². The second kappa shape index (κ2) is 6.27. The predicted molar refractivity (Wildman–Crippen MR) is 74.2 cm³/mol. The highest BCUT2D eigenvalue weighted by Gasteiger charge is 2.33. The van der Waals surface area contributed by atoms with Gasteiger partial charge in [-0.05, 0) is 39.4 Å². The lowest BCUT2D eigenvalue weighted by molar-refractivity contribution is 0.0330. The van der Waals surface area contributed by atoms with E-state index >= 15 is 0 Å². The van der Waals surface area contributed by atoms with Crippen molar-refractivity contribution in [3.63, 3.8) is 0 Å². The van der Waals surface area contributed by atoms with E-state index < -0.39 is 0 Å². The summed E-state index contributed by atoms with van der Waals surface area (Å²) in [6, 6.07) is 5.87. The Bertz CT molecular complexity index is 353. The van der Waals surface area contributed by atoms with Crippen molar-refractivity contribution >= 4 is 0 Å². The minimum absolute atomic E-state index is 0.00396.